The van der Waals surface area contributed by atoms with Gasteiger partial charge in [0.15, 0.2) is 11.5 Å². The lowest BCUT2D eigenvalue weighted by molar-refractivity contribution is -0.312. The number of hydrogen-bond acceptors (Lipinski definition) is 7. The zero-order chi connectivity index (χ0) is 30.1. The van der Waals surface area contributed by atoms with E-state index in [-0.39, 0.29) is 34.7 Å². The summed E-state index contributed by atoms with van der Waals surface area (Å²) >= 11 is 0. The lowest BCUT2D eigenvalue weighted by Gasteiger charge is -2.76. The van der Waals surface area contributed by atoms with Gasteiger partial charge in [-0.05, 0) is 93.4 Å². The lowest BCUT2D eigenvalue weighted by Crippen LogP contribution is -2.84. The van der Waals surface area contributed by atoms with E-state index in [1.165, 1.54) is 36.1 Å². The Bertz CT molecular complexity index is 1410. The molecule has 4 saturated carbocycles. The summed E-state index contributed by atoms with van der Waals surface area (Å²) in [6, 6.07) is 15.3. The van der Waals surface area contributed by atoms with E-state index in [4.69, 9.17) is 23.7 Å². The lowest BCUT2D eigenvalue weighted by atomic mass is 9.31. The molecule has 236 valence electrons. The largest absolute Gasteiger partial charge is 0.493 e. The van der Waals surface area contributed by atoms with Crippen molar-refractivity contribution in [3.63, 3.8) is 0 Å². The number of benzene rings is 2. The van der Waals surface area contributed by atoms with Gasteiger partial charge in [-0.2, -0.15) is 0 Å². The highest BCUT2D eigenvalue weighted by Gasteiger charge is 2.83. The van der Waals surface area contributed by atoms with Crippen molar-refractivity contribution in [3.8, 4) is 11.5 Å². The van der Waals surface area contributed by atoms with Gasteiger partial charge in [-0.25, -0.2) is 0 Å². The first-order chi connectivity index (χ1) is 21.5. The maximum absolute atomic E-state index is 12.9. The molecule has 0 aromatic heterocycles. The van der Waals surface area contributed by atoms with E-state index in [0.29, 0.717) is 38.7 Å². The van der Waals surface area contributed by atoms with Crippen molar-refractivity contribution in [1.82, 2.24) is 4.90 Å². The number of ether oxygens (including phenoxy) is 5. The van der Waals surface area contributed by atoms with Gasteiger partial charge in [-0.3, -0.25) is 9.69 Å². The van der Waals surface area contributed by atoms with E-state index < -0.39 is 5.60 Å². The minimum absolute atomic E-state index is 0.0499. The predicted molar refractivity (Wildman–Crippen MR) is 166 cm³/mol. The third-order valence-electron chi connectivity index (χ3n) is 12.7. The Morgan fingerprint density at radius 2 is 1.89 bits per heavy atom. The van der Waals surface area contributed by atoms with Gasteiger partial charge in [0.25, 0.3) is 0 Å². The van der Waals surface area contributed by atoms with Gasteiger partial charge in [0.1, 0.15) is 11.7 Å². The highest BCUT2D eigenvalue weighted by molar-refractivity contribution is 5.69. The van der Waals surface area contributed by atoms with Crippen LogP contribution in [0.2, 0.25) is 0 Å². The van der Waals surface area contributed by atoms with Crippen LogP contribution in [-0.4, -0.2) is 69.1 Å². The Morgan fingerprint density at radius 1 is 1.05 bits per heavy atom. The molecule has 2 aliphatic heterocycles. The van der Waals surface area contributed by atoms with Crippen LogP contribution < -0.4 is 9.47 Å². The first kappa shape index (κ1) is 28.8. The molecule has 0 unspecified atom stereocenters. The van der Waals surface area contributed by atoms with Crippen molar-refractivity contribution in [2.75, 3.05) is 40.5 Å². The Morgan fingerprint density at radius 3 is 2.64 bits per heavy atom. The van der Waals surface area contributed by atoms with Crippen molar-refractivity contribution < 1.29 is 28.5 Å². The standard InChI is InChI=1S/C37H47NO6/c1-4-43-31(39)15-13-27-28(23-42-22-25-8-6-5-7-9-25)35-16-17-37(27,41-3)34-36(35)18-19-38(21-24-10-11-24)30(35)20-26-12-14-29(40-2)33(44-34)32(26)36/h5-9,12,14,24,27-28,30,34H,4,10-11,13,15-23H2,1-3H3/t27-,28-,30+,34+,35+,36-,37+/m0/s1. The van der Waals surface area contributed by atoms with Crippen molar-refractivity contribution in [2.45, 2.75) is 88.1 Å². The summed E-state index contributed by atoms with van der Waals surface area (Å²) in [5, 5.41) is 0. The molecule has 7 nitrogen and oxygen atoms in total. The third kappa shape index (κ3) is 3.88. The van der Waals surface area contributed by atoms with Gasteiger partial charge in [-0.1, -0.05) is 36.4 Å². The van der Waals surface area contributed by atoms with E-state index in [2.05, 4.69) is 47.4 Å². The predicted octanol–water partition coefficient (Wildman–Crippen LogP) is 5.71. The quantitative estimate of drug-likeness (QED) is 0.289. The molecule has 4 bridgehead atoms. The first-order valence-electron chi connectivity index (χ1n) is 17.0. The second kappa shape index (κ2) is 10.7. The Balaban J connectivity index is 1.28. The molecule has 0 N–H and O–H groups in total. The fraction of sp³-hybridized carbons (Fsp3) is 0.649. The monoisotopic (exact) mass is 601 g/mol. The van der Waals surface area contributed by atoms with Gasteiger partial charge in [0.2, 0.25) is 0 Å². The second-order valence-electron chi connectivity index (χ2n) is 14.3. The first-order valence-corrected chi connectivity index (χ1v) is 17.0. The summed E-state index contributed by atoms with van der Waals surface area (Å²) in [6.07, 6.45) is 7.76. The molecule has 7 atom stereocenters. The van der Waals surface area contributed by atoms with Gasteiger partial charge in [-0.15, -0.1) is 0 Å². The summed E-state index contributed by atoms with van der Waals surface area (Å²) in [6.45, 7) is 5.78. The molecule has 44 heavy (non-hydrogen) atoms. The number of hydrogen-bond donors (Lipinski definition) is 0. The van der Waals surface area contributed by atoms with E-state index in [1.54, 1.807) is 7.11 Å². The van der Waals surface area contributed by atoms with Crippen molar-refractivity contribution >= 4 is 5.97 Å². The molecule has 5 aliphatic carbocycles. The second-order valence-corrected chi connectivity index (χ2v) is 14.3. The zero-order valence-electron chi connectivity index (χ0n) is 26.5. The fourth-order valence-corrected chi connectivity index (χ4v) is 11.1. The summed E-state index contributed by atoms with van der Waals surface area (Å²) < 4.78 is 32.2. The number of rotatable bonds is 12. The number of piperidine rings is 1. The number of methoxy groups -OCH3 is 2. The third-order valence-corrected chi connectivity index (χ3v) is 12.7. The van der Waals surface area contributed by atoms with Crippen LogP contribution in [0.25, 0.3) is 0 Å². The Kier molecular flexibility index (Phi) is 7.04. The van der Waals surface area contributed by atoms with Gasteiger partial charge in [0.05, 0.1) is 26.9 Å². The molecule has 0 radical (unpaired) electrons. The highest BCUT2D eigenvalue weighted by Crippen LogP contribution is 2.78. The normalized spacial score (nSPS) is 36.1. The van der Waals surface area contributed by atoms with Crippen LogP contribution in [0.15, 0.2) is 42.5 Å². The molecule has 2 aromatic carbocycles. The number of esters is 1. The summed E-state index contributed by atoms with van der Waals surface area (Å²) in [5.41, 5.74) is 3.24. The smallest absolute Gasteiger partial charge is 0.305 e. The molecule has 1 saturated heterocycles. The summed E-state index contributed by atoms with van der Waals surface area (Å²) in [5.74, 6) is 2.77. The van der Waals surface area contributed by atoms with Crippen LogP contribution in [0.4, 0.5) is 0 Å². The summed E-state index contributed by atoms with van der Waals surface area (Å²) in [4.78, 5) is 15.7. The van der Waals surface area contributed by atoms with Crippen LogP contribution in [0.3, 0.4) is 0 Å². The average Bonchev–Trinajstić information content (AvgIpc) is 3.79. The van der Waals surface area contributed by atoms with Crippen LogP contribution >= 0.6 is 0 Å². The molecular weight excluding hydrogens is 554 g/mol. The fourth-order valence-electron chi connectivity index (χ4n) is 11.1. The molecule has 7 aliphatic rings. The van der Waals surface area contributed by atoms with Crippen molar-refractivity contribution in [3.05, 3.63) is 59.2 Å². The van der Waals surface area contributed by atoms with E-state index in [1.807, 2.05) is 14.0 Å². The minimum Gasteiger partial charge on any atom is -0.493 e. The van der Waals surface area contributed by atoms with Crippen LogP contribution in [-0.2, 0) is 37.4 Å². The number of fused-ring (bicyclic) bond motifs is 2. The van der Waals surface area contributed by atoms with Crippen molar-refractivity contribution in [1.29, 1.82) is 0 Å². The van der Waals surface area contributed by atoms with Gasteiger partial charge >= 0.3 is 5.97 Å². The molecule has 2 aromatic rings. The highest BCUT2D eigenvalue weighted by atomic mass is 16.6. The number of carbonyl (C=O) groups excluding carboxylic acids is 1. The number of likely N-dealkylation sites (tertiary alicyclic amines) is 1. The Hall–Kier alpha value is -2.61. The van der Waals surface area contributed by atoms with Crippen LogP contribution in [0, 0.1) is 23.2 Å². The Labute approximate surface area is 261 Å². The molecule has 9 rings (SSSR count). The number of carbonyl (C=O) groups is 1. The van der Waals surface area contributed by atoms with E-state index >= 15 is 0 Å². The summed E-state index contributed by atoms with van der Waals surface area (Å²) in [7, 11) is 3.63. The van der Waals surface area contributed by atoms with Crippen molar-refractivity contribution in [2.24, 2.45) is 23.2 Å². The molecule has 2 spiro atoms. The molecule has 5 fully saturated rings. The van der Waals surface area contributed by atoms with Gasteiger partial charge in [0, 0.05) is 42.5 Å². The SMILES string of the molecule is CCOC(=O)CC[C@H]1[C@H](COCc2ccccc2)[C@@]23CC[C@]1(OC)[C@@H]1Oc4c(OC)ccc5c4[C@@]12CCN(CC1CC1)[C@@H]3C5. The molecule has 0 amide bonds. The zero-order valence-corrected chi connectivity index (χ0v) is 26.5. The molecule has 7 heteroatoms. The molecule has 2 heterocycles. The topological polar surface area (TPSA) is 66.5 Å². The number of nitrogens with zero attached hydrogens (tertiary/aromatic N) is 1. The van der Waals surface area contributed by atoms with E-state index in [9.17, 15) is 4.79 Å². The maximum Gasteiger partial charge on any atom is 0.305 e. The van der Waals surface area contributed by atoms with Crippen LogP contribution in [0.5, 0.6) is 11.5 Å². The average molecular weight is 602 g/mol. The van der Waals surface area contributed by atoms with E-state index in [0.717, 1.165) is 49.6 Å². The van der Waals surface area contributed by atoms with Crippen LogP contribution in [0.1, 0.15) is 68.6 Å². The molecular formula is C37H47NO6. The maximum atomic E-state index is 12.9. The minimum atomic E-state index is -0.531. The van der Waals surface area contributed by atoms with Gasteiger partial charge < -0.3 is 23.7 Å².